The van der Waals surface area contributed by atoms with Crippen molar-refractivity contribution in [2.45, 2.75) is 27.2 Å². The van der Waals surface area contributed by atoms with Gasteiger partial charge in [0.2, 0.25) is 0 Å². The zero-order valence-electron chi connectivity index (χ0n) is 10.8. The average Bonchev–Trinajstić information content (AvgIpc) is 2.14. The maximum atomic E-state index is 11.6. The molecule has 0 aromatic rings. The maximum Gasteiger partial charge on any atom is 0.317 e. The van der Waals surface area contributed by atoms with Crippen molar-refractivity contribution in [1.82, 2.24) is 10.2 Å². The molecule has 1 unspecified atom stereocenters. The second-order valence-corrected chi connectivity index (χ2v) is 5.21. The first-order chi connectivity index (χ1) is 7.91. The van der Waals surface area contributed by atoms with Gasteiger partial charge in [-0.1, -0.05) is 20.8 Å². The van der Waals surface area contributed by atoms with Crippen LogP contribution in [-0.4, -0.2) is 41.6 Å². The van der Waals surface area contributed by atoms with E-state index in [1.807, 2.05) is 0 Å². The van der Waals surface area contributed by atoms with Crippen LogP contribution in [0.1, 0.15) is 27.2 Å². The number of aliphatic carboxylic acids is 1. The molecule has 98 valence electrons. The summed E-state index contributed by atoms with van der Waals surface area (Å²) in [6.45, 7) is 7.72. The lowest BCUT2D eigenvalue weighted by molar-refractivity contribution is -0.144. The van der Waals surface area contributed by atoms with Gasteiger partial charge >= 0.3 is 12.0 Å². The van der Waals surface area contributed by atoms with E-state index in [0.717, 1.165) is 6.42 Å². The second-order valence-electron chi connectivity index (χ2n) is 5.21. The molecular formula is C12H22N2O3. The summed E-state index contributed by atoms with van der Waals surface area (Å²) in [5.74, 6) is -0.473. The van der Waals surface area contributed by atoms with Gasteiger partial charge in [-0.2, -0.15) is 0 Å². The minimum absolute atomic E-state index is 0.0699. The smallest absolute Gasteiger partial charge is 0.317 e. The number of nitrogens with zero attached hydrogens (tertiary/aromatic N) is 1. The molecule has 0 aromatic heterocycles. The summed E-state index contributed by atoms with van der Waals surface area (Å²) in [4.78, 5) is 24.0. The van der Waals surface area contributed by atoms with Crippen LogP contribution in [0.25, 0.3) is 0 Å². The summed E-state index contributed by atoms with van der Waals surface area (Å²) in [6.07, 6.45) is 0.967. The molecule has 2 amide bonds. The molecule has 0 bridgehead atoms. The first-order valence-corrected chi connectivity index (χ1v) is 6.17. The van der Waals surface area contributed by atoms with Gasteiger partial charge in [0.25, 0.3) is 0 Å². The molecule has 1 fully saturated rings. The monoisotopic (exact) mass is 242 g/mol. The lowest BCUT2D eigenvalue weighted by Crippen LogP contribution is -2.56. The van der Waals surface area contributed by atoms with Crippen LogP contribution in [0.5, 0.6) is 0 Å². The third-order valence-corrected chi connectivity index (χ3v) is 3.29. The van der Waals surface area contributed by atoms with E-state index < -0.39 is 5.97 Å². The first-order valence-electron chi connectivity index (χ1n) is 6.17. The van der Waals surface area contributed by atoms with Crippen LogP contribution < -0.4 is 5.32 Å². The van der Waals surface area contributed by atoms with Crippen LogP contribution in [0.4, 0.5) is 4.79 Å². The molecule has 5 heteroatoms. The third-order valence-electron chi connectivity index (χ3n) is 3.29. The first kappa shape index (κ1) is 13.8. The molecule has 1 atom stereocenters. The Labute approximate surface area is 102 Å². The lowest BCUT2D eigenvalue weighted by Gasteiger charge is -2.41. The largest absolute Gasteiger partial charge is 0.481 e. The van der Waals surface area contributed by atoms with Gasteiger partial charge in [-0.25, -0.2) is 4.79 Å². The van der Waals surface area contributed by atoms with Crippen LogP contribution in [0.3, 0.4) is 0 Å². The van der Waals surface area contributed by atoms with Crippen molar-refractivity contribution in [3.63, 3.8) is 0 Å². The number of carboxylic acid groups (broad SMARTS) is 1. The van der Waals surface area contributed by atoms with Crippen molar-refractivity contribution < 1.29 is 14.7 Å². The molecule has 1 aliphatic heterocycles. The van der Waals surface area contributed by atoms with Crippen molar-refractivity contribution in [3.05, 3.63) is 0 Å². The van der Waals surface area contributed by atoms with E-state index in [4.69, 9.17) is 5.11 Å². The van der Waals surface area contributed by atoms with E-state index in [2.05, 4.69) is 19.2 Å². The van der Waals surface area contributed by atoms with Crippen molar-refractivity contribution in [2.24, 2.45) is 17.8 Å². The van der Waals surface area contributed by atoms with Crippen molar-refractivity contribution in [1.29, 1.82) is 0 Å². The number of nitrogens with one attached hydrogen (secondary N) is 1. The standard InChI is InChI=1S/C12H22N2O3/c1-8(2)4-5-13-12(17)14-6-10(7-14)9(3)11(15)16/h8-10H,4-7H2,1-3H3,(H,13,17)(H,15,16). The van der Waals surface area contributed by atoms with Crippen LogP contribution >= 0.6 is 0 Å². The van der Waals surface area contributed by atoms with E-state index in [1.165, 1.54) is 0 Å². The number of carboxylic acids is 1. The van der Waals surface area contributed by atoms with E-state index in [0.29, 0.717) is 25.6 Å². The van der Waals surface area contributed by atoms with Gasteiger partial charge in [0, 0.05) is 25.6 Å². The fraction of sp³-hybridized carbons (Fsp3) is 0.833. The zero-order chi connectivity index (χ0) is 13.0. The summed E-state index contributed by atoms with van der Waals surface area (Å²) in [7, 11) is 0. The molecule has 0 aliphatic carbocycles. The second kappa shape index (κ2) is 5.89. The molecule has 5 nitrogen and oxygen atoms in total. The molecule has 0 saturated carbocycles. The number of amides is 2. The van der Waals surface area contributed by atoms with Crippen LogP contribution in [0, 0.1) is 17.8 Å². The number of likely N-dealkylation sites (tertiary alicyclic amines) is 1. The van der Waals surface area contributed by atoms with Crippen molar-refractivity contribution in [2.75, 3.05) is 19.6 Å². The molecule has 1 aliphatic rings. The lowest BCUT2D eigenvalue weighted by atomic mass is 9.87. The van der Waals surface area contributed by atoms with Crippen LogP contribution in [0.2, 0.25) is 0 Å². The SMILES string of the molecule is CC(C)CCNC(=O)N1CC(C(C)C(=O)O)C1. The number of rotatable bonds is 5. The van der Waals surface area contributed by atoms with Gasteiger partial charge < -0.3 is 15.3 Å². The summed E-state index contributed by atoms with van der Waals surface area (Å²) in [5, 5.41) is 11.7. The Morgan fingerprint density at radius 2 is 1.94 bits per heavy atom. The Morgan fingerprint density at radius 1 is 1.35 bits per heavy atom. The molecule has 17 heavy (non-hydrogen) atoms. The Kier molecular flexibility index (Phi) is 4.78. The predicted octanol–water partition coefficient (Wildman–Crippen LogP) is 1.39. The Balaban J connectivity index is 2.19. The van der Waals surface area contributed by atoms with Gasteiger partial charge in [0.1, 0.15) is 0 Å². The van der Waals surface area contributed by atoms with Gasteiger partial charge in [-0.15, -0.1) is 0 Å². The fourth-order valence-corrected chi connectivity index (χ4v) is 1.78. The van der Waals surface area contributed by atoms with Crippen molar-refractivity contribution >= 4 is 12.0 Å². The third kappa shape index (κ3) is 3.91. The van der Waals surface area contributed by atoms with Gasteiger partial charge in [-0.3, -0.25) is 4.79 Å². The van der Waals surface area contributed by atoms with E-state index in [9.17, 15) is 9.59 Å². The number of urea groups is 1. The highest BCUT2D eigenvalue weighted by Crippen LogP contribution is 2.23. The number of hydrogen-bond donors (Lipinski definition) is 2. The number of carbonyl (C=O) groups is 2. The molecule has 1 rings (SSSR count). The minimum atomic E-state index is -0.783. The summed E-state index contributed by atoms with van der Waals surface area (Å²) in [6, 6.07) is -0.0699. The van der Waals surface area contributed by atoms with Gasteiger partial charge in [0.15, 0.2) is 0 Å². The number of carbonyl (C=O) groups excluding carboxylic acids is 1. The highest BCUT2D eigenvalue weighted by atomic mass is 16.4. The summed E-state index contributed by atoms with van der Waals surface area (Å²) in [5.41, 5.74) is 0. The molecule has 0 aromatic carbocycles. The molecule has 0 spiro atoms. The van der Waals surface area contributed by atoms with Crippen LogP contribution in [0.15, 0.2) is 0 Å². The van der Waals surface area contributed by atoms with E-state index in [1.54, 1.807) is 11.8 Å². The van der Waals surface area contributed by atoms with Crippen molar-refractivity contribution in [3.8, 4) is 0 Å². The Morgan fingerprint density at radius 3 is 2.41 bits per heavy atom. The predicted molar refractivity (Wildman–Crippen MR) is 64.7 cm³/mol. The van der Waals surface area contributed by atoms with Crippen LogP contribution in [-0.2, 0) is 4.79 Å². The molecule has 1 saturated heterocycles. The molecule has 0 radical (unpaired) electrons. The molecule has 2 N–H and O–H groups in total. The number of hydrogen-bond acceptors (Lipinski definition) is 2. The quantitative estimate of drug-likeness (QED) is 0.765. The van der Waals surface area contributed by atoms with E-state index >= 15 is 0 Å². The Hall–Kier alpha value is -1.26. The average molecular weight is 242 g/mol. The highest BCUT2D eigenvalue weighted by Gasteiger charge is 2.36. The van der Waals surface area contributed by atoms with Gasteiger partial charge in [-0.05, 0) is 12.3 Å². The fourth-order valence-electron chi connectivity index (χ4n) is 1.78. The molecular weight excluding hydrogens is 220 g/mol. The molecule has 1 heterocycles. The maximum absolute atomic E-state index is 11.6. The highest BCUT2D eigenvalue weighted by molar-refractivity contribution is 5.76. The summed E-state index contributed by atoms with van der Waals surface area (Å²) >= 11 is 0. The minimum Gasteiger partial charge on any atom is -0.481 e. The normalized spacial score (nSPS) is 17.8. The topological polar surface area (TPSA) is 69.6 Å². The Bertz CT molecular complexity index is 285. The van der Waals surface area contributed by atoms with Gasteiger partial charge in [0.05, 0.1) is 5.92 Å². The summed E-state index contributed by atoms with van der Waals surface area (Å²) < 4.78 is 0. The zero-order valence-corrected chi connectivity index (χ0v) is 10.8. The van der Waals surface area contributed by atoms with E-state index in [-0.39, 0.29) is 17.9 Å².